The zero-order chi connectivity index (χ0) is 57.3. The van der Waals surface area contributed by atoms with E-state index in [4.69, 9.17) is 18.9 Å². The molecule has 0 fully saturated rings. The molecule has 0 spiro atoms. The minimum Gasteiger partial charge on any atom is -0.486 e. The Morgan fingerprint density at radius 2 is 0.412 bits per heavy atom. The molecule has 1 aliphatic heterocycles. The molecule has 0 atom stereocenters. The van der Waals surface area contributed by atoms with Crippen LogP contribution in [-0.4, -0.2) is 16.8 Å². The van der Waals surface area contributed by atoms with Crippen LogP contribution in [0.5, 0.6) is 23.0 Å². The molecule has 0 aromatic heterocycles. The first kappa shape index (κ1) is 58.2. The first-order chi connectivity index (χ1) is 37.9. The highest BCUT2D eigenvalue weighted by Gasteiger charge is 2.37. The molecule has 0 saturated heterocycles. The molecule has 8 aromatic rings. The lowest BCUT2D eigenvalue weighted by Gasteiger charge is -2.28. The molecule has 8 aromatic carbocycles. The third-order valence-corrected chi connectivity index (χ3v) is 19.7. The molecule has 0 N–H and O–H groups in total. The fourth-order valence-electron chi connectivity index (χ4n) is 9.10. The van der Waals surface area contributed by atoms with Crippen molar-refractivity contribution in [3.63, 3.8) is 0 Å². The highest BCUT2D eigenvalue weighted by atomic mass is 32.2. The summed E-state index contributed by atoms with van der Waals surface area (Å²) in [7, 11) is -8.70. The second-order valence-corrected chi connectivity index (χ2v) is 30.0. The van der Waals surface area contributed by atoms with Gasteiger partial charge in [0.1, 0.15) is 26.4 Å². The van der Waals surface area contributed by atoms with E-state index < -0.39 is 64.9 Å². The quantitative estimate of drug-likeness (QED) is 0.119. The average Bonchev–Trinajstić information content (AvgIpc) is 3.52. The number of hydrogen-bond acceptors (Lipinski definition) is 8. The van der Waals surface area contributed by atoms with Gasteiger partial charge in [0.25, 0.3) is 0 Å². The van der Waals surface area contributed by atoms with Gasteiger partial charge in [-0.15, -0.1) is 0 Å². The van der Waals surface area contributed by atoms with Crippen LogP contribution in [0.3, 0.4) is 0 Å². The van der Waals surface area contributed by atoms with E-state index in [2.05, 4.69) is 83.1 Å². The van der Waals surface area contributed by atoms with Gasteiger partial charge in [-0.05, 0) is 115 Å². The van der Waals surface area contributed by atoms with E-state index in [0.29, 0.717) is 0 Å². The summed E-state index contributed by atoms with van der Waals surface area (Å²) in [6.07, 6.45) is 0. The van der Waals surface area contributed by atoms with Crippen LogP contribution in [0.15, 0.2) is 209 Å². The van der Waals surface area contributed by atoms with Crippen LogP contribution in [0.4, 0.5) is 0 Å². The summed E-state index contributed by atoms with van der Waals surface area (Å²) in [6.45, 7) is 24.9. The predicted octanol–water partition coefficient (Wildman–Crippen LogP) is 16.2. The third-order valence-electron chi connectivity index (χ3n) is 14.0. The Labute approximate surface area is 483 Å². The van der Waals surface area contributed by atoms with Crippen molar-refractivity contribution < 1.29 is 35.8 Å². The molecule has 0 unspecified atom stereocenters. The van der Waals surface area contributed by atoms with E-state index in [1.165, 1.54) is 0 Å². The van der Waals surface area contributed by atoms with E-state index in [1.54, 1.807) is 0 Å². The van der Waals surface area contributed by atoms with Crippen molar-refractivity contribution in [1.82, 2.24) is 0 Å². The first-order valence-electron chi connectivity index (χ1n) is 26.9. The van der Waals surface area contributed by atoms with Gasteiger partial charge in [0.05, 0.1) is 82.4 Å². The van der Waals surface area contributed by atoms with E-state index in [1.807, 2.05) is 170 Å². The van der Waals surface area contributed by atoms with Crippen LogP contribution in [0.2, 0.25) is 0 Å². The molecule has 0 radical (unpaired) electrons. The molecule has 1 heterocycles. The maximum absolute atomic E-state index is 16.7. The smallest absolute Gasteiger partial charge is 0.152 e. The van der Waals surface area contributed by atoms with Crippen molar-refractivity contribution >= 4 is 43.2 Å². The van der Waals surface area contributed by atoms with Gasteiger partial charge in [-0.1, -0.05) is 204 Å². The Kier molecular flexibility index (Phi) is 17.2. The van der Waals surface area contributed by atoms with Gasteiger partial charge >= 0.3 is 0 Å². The van der Waals surface area contributed by atoms with E-state index in [-0.39, 0.29) is 88.6 Å². The molecule has 1 aliphatic rings. The molecule has 8 nitrogen and oxygen atoms in total. The molecule has 0 saturated carbocycles. The minimum atomic E-state index is -2.18. The lowest BCUT2D eigenvalue weighted by Crippen LogP contribution is -2.18. The Balaban J connectivity index is 1.47. The standard InChI is InChI=1S/C68H72O8S4/c1-65(2,3)49-33-53-61(73-41-45-25-17-13-18-26-45)54(34-49)78(70)56-36-51(67(7,8)9)38-58(63(56)75-43-47-29-21-15-22-30-47)80(72)60-40-52(68(10,11)12)39-59(64(60)76-44-48-31-23-16-24-32-48)79(71)57-37-50(66(4,5)6)35-55(77(53)69)62(57)74-42-46-27-19-14-20-28-46/h13-40H,41-44H2,1-12H3. The zero-order valence-electron chi connectivity index (χ0n) is 47.9. The summed E-state index contributed by atoms with van der Waals surface area (Å²) in [5.74, 6) is 0.603. The zero-order valence-corrected chi connectivity index (χ0v) is 51.2. The fraction of sp³-hybridized carbons (Fsp3) is 0.294. The van der Waals surface area contributed by atoms with Gasteiger partial charge in [0.15, 0.2) is 23.0 Å². The lowest BCUT2D eigenvalue weighted by molar-refractivity contribution is 0.285. The largest absolute Gasteiger partial charge is 0.486 e. The number of ether oxygens (including phenoxy) is 4. The van der Waals surface area contributed by atoms with Gasteiger partial charge < -0.3 is 18.9 Å². The summed E-state index contributed by atoms with van der Waals surface area (Å²) in [6, 6.07) is 53.7. The highest BCUT2D eigenvalue weighted by molar-refractivity contribution is 7.87. The number of hydrogen-bond donors (Lipinski definition) is 0. The van der Waals surface area contributed by atoms with Crippen LogP contribution in [0.1, 0.15) is 128 Å². The SMILES string of the molecule is CC(C)(C)c1cc2c(OCc3ccccc3)c(c1)S(=O)c1cc(C(C)(C)C)cc(c1OCc1ccccc1)S(=O)c1cc(C(C)(C)C)cc(c1OCc1ccccc1)S(=O)c1cc(C(C)(C)C)cc(c1OCc1ccccc1)S2=O. The van der Waals surface area contributed by atoms with E-state index >= 15 is 16.8 Å². The number of rotatable bonds is 12. The van der Waals surface area contributed by atoms with E-state index in [0.717, 1.165) is 44.5 Å². The van der Waals surface area contributed by atoms with Crippen molar-refractivity contribution in [2.45, 2.75) is 170 Å². The van der Waals surface area contributed by atoms with Crippen LogP contribution < -0.4 is 18.9 Å². The van der Waals surface area contributed by atoms with Gasteiger partial charge in [-0.25, -0.2) is 16.8 Å². The van der Waals surface area contributed by atoms with Crippen molar-refractivity contribution in [2.75, 3.05) is 0 Å². The van der Waals surface area contributed by atoms with Crippen LogP contribution in [0, 0.1) is 0 Å². The third kappa shape index (κ3) is 13.0. The lowest BCUT2D eigenvalue weighted by atomic mass is 9.87. The summed E-state index contributed by atoms with van der Waals surface area (Å²) < 4.78 is 94.7. The maximum Gasteiger partial charge on any atom is 0.152 e. The van der Waals surface area contributed by atoms with Crippen molar-refractivity contribution in [3.05, 3.63) is 214 Å². The molecule has 9 rings (SSSR count). The van der Waals surface area contributed by atoms with Gasteiger partial charge in [-0.3, -0.25) is 0 Å². The summed E-state index contributed by atoms with van der Waals surface area (Å²) in [5, 5.41) is 0. The molecular formula is C68H72O8S4. The van der Waals surface area contributed by atoms with Gasteiger partial charge in [0, 0.05) is 0 Å². The predicted molar refractivity (Wildman–Crippen MR) is 322 cm³/mol. The molecular weight excluding hydrogens is 1070 g/mol. The molecule has 416 valence electrons. The fourth-order valence-corrected chi connectivity index (χ4v) is 14.9. The Morgan fingerprint density at radius 3 is 0.550 bits per heavy atom. The number of benzene rings is 8. The normalized spacial score (nSPS) is 16.6. The Morgan fingerprint density at radius 1 is 0.263 bits per heavy atom. The summed E-state index contributed by atoms with van der Waals surface area (Å²) in [4.78, 5) is 2.02. The van der Waals surface area contributed by atoms with Crippen molar-refractivity contribution in [1.29, 1.82) is 0 Å². The van der Waals surface area contributed by atoms with Crippen LogP contribution >= 0.6 is 0 Å². The van der Waals surface area contributed by atoms with Crippen LogP contribution in [-0.2, 0) is 91.3 Å². The molecule has 12 heteroatoms. The Hall–Kier alpha value is -6.44. The second-order valence-electron chi connectivity index (χ2n) is 24.4. The first-order valence-corrected chi connectivity index (χ1v) is 31.5. The Bertz CT molecular complexity index is 3050. The maximum atomic E-state index is 16.7. The molecule has 8 bridgehead atoms. The molecule has 80 heavy (non-hydrogen) atoms. The van der Waals surface area contributed by atoms with Crippen LogP contribution in [0.25, 0.3) is 0 Å². The van der Waals surface area contributed by atoms with Gasteiger partial charge in [-0.2, -0.15) is 0 Å². The molecule has 0 aliphatic carbocycles. The minimum absolute atomic E-state index is 0.0456. The average molecular weight is 1150 g/mol. The second kappa shape index (κ2) is 23.6. The van der Waals surface area contributed by atoms with E-state index in [9.17, 15) is 0 Å². The summed E-state index contributed by atoms with van der Waals surface area (Å²) >= 11 is 0. The topological polar surface area (TPSA) is 105 Å². The summed E-state index contributed by atoms with van der Waals surface area (Å²) in [5.41, 5.74) is 4.03. The van der Waals surface area contributed by atoms with Gasteiger partial charge in [0.2, 0.25) is 0 Å². The van der Waals surface area contributed by atoms with Crippen molar-refractivity contribution in [3.8, 4) is 23.0 Å². The molecule has 0 amide bonds. The highest BCUT2D eigenvalue weighted by Crippen LogP contribution is 2.49. The number of fused-ring (bicyclic) bond motifs is 8. The monoisotopic (exact) mass is 1140 g/mol. The van der Waals surface area contributed by atoms with Crippen molar-refractivity contribution in [2.24, 2.45) is 0 Å².